The standard InChI is InChI=1S/C7H9N3/c1-10-7-5(8)3-2-4-6(7)9/h2-4,8H,9H2,1H3. The topological polar surface area (TPSA) is 62.2 Å². The fourth-order valence-electron chi connectivity index (χ4n) is 0.811. The van der Waals surface area contributed by atoms with E-state index in [0.717, 1.165) is 0 Å². The van der Waals surface area contributed by atoms with Gasteiger partial charge in [0.1, 0.15) is 5.71 Å². The molecule has 3 N–H and O–H groups in total. The van der Waals surface area contributed by atoms with Gasteiger partial charge in [-0.1, -0.05) is 6.08 Å². The van der Waals surface area contributed by atoms with Gasteiger partial charge in [0.15, 0.2) is 0 Å². The Hall–Kier alpha value is -1.38. The molecule has 0 saturated heterocycles. The molecule has 0 aromatic heterocycles. The Morgan fingerprint density at radius 3 is 2.70 bits per heavy atom. The van der Waals surface area contributed by atoms with Crippen molar-refractivity contribution in [2.45, 2.75) is 0 Å². The number of nitrogens with two attached hydrogens (primary N) is 1. The van der Waals surface area contributed by atoms with Gasteiger partial charge < -0.3 is 5.73 Å². The molecule has 0 unspecified atom stereocenters. The van der Waals surface area contributed by atoms with Crippen molar-refractivity contribution in [3.63, 3.8) is 0 Å². The highest BCUT2D eigenvalue weighted by atomic mass is 14.8. The van der Waals surface area contributed by atoms with Crippen molar-refractivity contribution < 1.29 is 0 Å². The molecule has 0 saturated carbocycles. The van der Waals surface area contributed by atoms with Crippen LogP contribution >= 0.6 is 0 Å². The second-order valence-corrected chi connectivity index (χ2v) is 1.97. The maximum Gasteiger partial charge on any atom is 0.105 e. The summed E-state index contributed by atoms with van der Waals surface area (Å²) in [5.41, 5.74) is 7.03. The summed E-state index contributed by atoms with van der Waals surface area (Å²) in [4.78, 5) is 3.86. The molecule has 1 aliphatic carbocycles. The van der Waals surface area contributed by atoms with E-state index in [1.807, 2.05) is 0 Å². The summed E-state index contributed by atoms with van der Waals surface area (Å²) in [5, 5.41) is 7.34. The monoisotopic (exact) mass is 135 g/mol. The van der Waals surface area contributed by atoms with E-state index in [9.17, 15) is 0 Å². The molecule has 0 atom stereocenters. The zero-order chi connectivity index (χ0) is 7.56. The lowest BCUT2D eigenvalue weighted by Gasteiger charge is -2.06. The van der Waals surface area contributed by atoms with E-state index in [2.05, 4.69) is 4.99 Å². The van der Waals surface area contributed by atoms with Gasteiger partial charge in [0.2, 0.25) is 0 Å². The lowest BCUT2D eigenvalue weighted by Crippen LogP contribution is -2.21. The van der Waals surface area contributed by atoms with Crippen LogP contribution in [0, 0.1) is 5.41 Å². The van der Waals surface area contributed by atoms with Crippen molar-refractivity contribution >= 4 is 11.4 Å². The molecule has 0 amide bonds. The van der Waals surface area contributed by atoms with Crippen molar-refractivity contribution in [3.05, 3.63) is 23.9 Å². The molecule has 0 bridgehead atoms. The Morgan fingerprint density at radius 2 is 2.30 bits per heavy atom. The van der Waals surface area contributed by atoms with Gasteiger partial charge in [-0.15, -0.1) is 0 Å². The fourth-order valence-corrected chi connectivity index (χ4v) is 0.811. The Labute approximate surface area is 59.5 Å². The largest absolute Gasteiger partial charge is 0.397 e. The van der Waals surface area contributed by atoms with Gasteiger partial charge in [0, 0.05) is 7.05 Å². The summed E-state index contributed by atoms with van der Waals surface area (Å²) in [6.07, 6.45) is 5.14. The summed E-state index contributed by atoms with van der Waals surface area (Å²) in [6, 6.07) is 0. The number of rotatable bonds is 0. The van der Waals surface area contributed by atoms with Gasteiger partial charge >= 0.3 is 0 Å². The van der Waals surface area contributed by atoms with Crippen LogP contribution in [0.3, 0.4) is 0 Å². The second-order valence-electron chi connectivity index (χ2n) is 1.97. The Balaban J connectivity index is 3.04. The molecule has 0 aromatic carbocycles. The molecular weight excluding hydrogens is 126 g/mol. The highest BCUT2D eigenvalue weighted by Crippen LogP contribution is 2.00. The van der Waals surface area contributed by atoms with E-state index < -0.39 is 0 Å². The van der Waals surface area contributed by atoms with E-state index in [-0.39, 0.29) is 0 Å². The van der Waals surface area contributed by atoms with E-state index in [4.69, 9.17) is 11.1 Å². The average Bonchev–Trinajstić information content (AvgIpc) is 1.88. The minimum Gasteiger partial charge on any atom is -0.397 e. The van der Waals surface area contributed by atoms with Gasteiger partial charge in [-0.2, -0.15) is 0 Å². The summed E-state index contributed by atoms with van der Waals surface area (Å²) < 4.78 is 0. The van der Waals surface area contributed by atoms with E-state index in [1.54, 1.807) is 25.3 Å². The highest BCUT2D eigenvalue weighted by Gasteiger charge is 2.08. The number of allylic oxidation sites excluding steroid dienone is 4. The third kappa shape index (κ3) is 0.978. The van der Waals surface area contributed by atoms with Crippen LogP contribution in [0.4, 0.5) is 0 Å². The minimum atomic E-state index is 0.377. The summed E-state index contributed by atoms with van der Waals surface area (Å²) in [6.45, 7) is 0. The number of aliphatic imine (C=N–C) groups is 1. The van der Waals surface area contributed by atoms with Crippen LogP contribution in [0.5, 0.6) is 0 Å². The predicted molar refractivity (Wildman–Crippen MR) is 42.5 cm³/mol. The molecule has 1 aliphatic rings. The Morgan fingerprint density at radius 1 is 1.60 bits per heavy atom. The molecule has 10 heavy (non-hydrogen) atoms. The molecule has 3 nitrogen and oxygen atoms in total. The van der Waals surface area contributed by atoms with Crippen LogP contribution in [-0.2, 0) is 0 Å². The van der Waals surface area contributed by atoms with Crippen molar-refractivity contribution in [1.29, 1.82) is 5.41 Å². The smallest absolute Gasteiger partial charge is 0.105 e. The zero-order valence-electron chi connectivity index (χ0n) is 5.76. The van der Waals surface area contributed by atoms with Crippen LogP contribution in [0.2, 0.25) is 0 Å². The SMILES string of the molecule is CN=C1C(=N)C=CC=C1N. The molecule has 0 aliphatic heterocycles. The molecule has 0 heterocycles. The first-order valence-corrected chi connectivity index (χ1v) is 2.95. The van der Waals surface area contributed by atoms with Crippen LogP contribution in [0.1, 0.15) is 0 Å². The third-order valence-corrected chi connectivity index (χ3v) is 1.29. The molecule has 1 rings (SSSR count). The average molecular weight is 135 g/mol. The number of nitrogens with zero attached hydrogens (tertiary/aromatic N) is 1. The van der Waals surface area contributed by atoms with Gasteiger partial charge in [-0.05, 0) is 12.2 Å². The summed E-state index contributed by atoms with van der Waals surface area (Å²) in [7, 11) is 1.63. The van der Waals surface area contributed by atoms with E-state index >= 15 is 0 Å². The van der Waals surface area contributed by atoms with Gasteiger partial charge in [-0.25, -0.2) is 0 Å². The van der Waals surface area contributed by atoms with E-state index in [0.29, 0.717) is 17.1 Å². The molecule has 0 aromatic rings. The third-order valence-electron chi connectivity index (χ3n) is 1.29. The van der Waals surface area contributed by atoms with Crippen molar-refractivity contribution in [2.75, 3.05) is 7.05 Å². The molecule has 0 radical (unpaired) electrons. The number of hydrogen-bond donors (Lipinski definition) is 2. The van der Waals surface area contributed by atoms with Crippen molar-refractivity contribution in [1.82, 2.24) is 0 Å². The lowest BCUT2D eigenvalue weighted by atomic mass is 10.1. The van der Waals surface area contributed by atoms with Crippen LogP contribution in [0.25, 0.3) is 0 Å². The molecule has 3 heteroatoms. The van der Waals surface area contributed by atoms with Crippen LogP contribution in [0.15, 0.2) is 28.9 Å². The predicted octanol–water partition coefficient (Wildman–Crippen LogP) is 0.489. The molecular formula is C7H9N3. The fraction of sp³-hybridized carbons (Fsp3) is 0.143. The zero-order valence-corrected chi connectivity index (χ0v) is 5.76. The van der Waals surface area contributed by atoms with Gasteiger partial charge in [0.05, 0.1) is 11.4 Å². The van der Waals surface area contributed by atoms with Gasteiger partial charge in [-0.3, -0.25) is 10.4 Å². The van der Waals surface area contributed by atoms with Crippen LogP contribution in [-0.4, -0.2) is 18.5 Å². The molecule has 0 spiro atoms. The summed E-state index contributed by atoms with van der Waals surface area (Å²) >= 11 is 0. The first kappa shape index (κ1) is 6.74. The minimum absolute atomic E-state index is 0.377. The molecule has 52 valence electrons. The first-order valence-electron chi connectivity index (χ1n) is 2.95. The second kappa shape index (κ2) is 2.47. The number of hydrogen-bond acceptors (Lipinski definition) is 3. The maximum atomic E-state index is 7.34. The number of nitrogens with one attached hydrogen (secondary N) is 1. The van der Waals surface area contributed by atoms with Crippen LogP contribution < -0.4 is 5.73 Å². The maximum absolute atomic E-state index is 7.34. The lowest BCUT2D eigenvalue weighted by molar-refractivity contribution is 1.37. The Bertz CT molecular complexity index is 246. The first-order chi connectivity index (χ1) is 4.75. The normalized spacial score (nSPS) is 21.5. The van der Waals surface area contributed by atoms with Crippen molar-refractivity contribution in [3.8, 4) is 0 Å². The van der Waals surface area contributed by atoms with Crippen molar-refractivity contribution in [2.24, 2.45) is 10.7 Å². The highest BCUT2D eigenvalue weighted by molar-refractivity contribution is 6.51. The Kier molecular flexibility index (Phi) is 1.67. The quantitative estimate of drug-likeness (QED) is 0.466. The summed E-state index contributed by atoms with van der Waals surface area (Å²) in [5.74, 6) is 0. The molecule has 0 fully saturated rings. The van der Waals surface area contributed by atoms with Gasteiger partial charge in [0.25, 0.3) is 0 Å². The van der Waals surface area contributed by atoms with E-state index in [1.165, 1.54) is 0 Å².